The van der Waals surface area contributed by atoms with Crippen LogP contribution in [0.1, 0.15) is 52.4 Å². The molecule has 118 valence electrons. The summed E-state index contributed by atoms with van der Waals surface area (Å²) in [5.74, 6) is 0.506. The van der Waals surface area contributed by atoms with Crippen molar-refractivity contribution in [3.63, 3.8) is 0 Å². The van der Waals surface area contributed by atoms with Crippen LogP contribution in [0.25, 0.3) is 0 Å². The zero-order chi connectivity index (χ0) is 14.5. The third-order valence-corrected chi connectivity index (χ3v) is 4.79. The standard InChI is InChI=1S/C16H30O4/c1-3-5-13(17)11-7-15(19-9-11)16-8-12(10-20-16)14(18)6-4-2/h11-18H,3-10H2,1-2H3/t11-,12-,13-,14+,15-,16-/m0/s1. The summed E-state index contributed by atoms with van der Waals surface area (Å²) in [6.07, 6.45) is 5.22. The van der Waals surface area contributed by atoms with E-state index in [-0.39, 0.29) is 36.3 Å². The summed E-state index contributed by atoms with van der Waals surface area (Å²) in [7, 11) is 0. The van der Waals surface area contributed by atoms with Crippen molar-refractivity contribution in [2.75, 3.05) is 13.2 Å². The number of aliphatic hydroxyl groups excluding tert-OH is 2. The molecule has 0 bridgehead atoms. The van der Waals surface area contributed by atoms with Crippen molar-refractivity contribution in [2.24, 2.45) is 11.8 Å². The lowest BCUT2D eigenvalue weighted by molar-refractivity contribution is -0.0197. The van der Waals surface area contributed by atoms with Crippen LogP contribution in [-0.2, 0) is 9.47 Å². The van der Waals surface area contributed by atoms with Gasteiger partial charge < -0.3 is 19.7 Å². The Kier molecular flexibility index (Phi) is 6.27. The molecule has 0 aromatic carbocycles. The molecule has 2 rings (SSSR count). The first-order valence-electron chi connectivity index (χ1n) is 8.25. The molecule has 0 saturated carbocycles. The van der Waals surface area contributed by atoms with Crippen LogP contribution in [0.4, 0.5) is 0 Å². The van der Waals surface area contributed by atoms with Crippen LogP contribution in [-0.4, -0.2) is 47.8 Å². The quantitative estimate of drug-likeness (QED) is 0.752. The first kappa shape index (κ1) is 16.2. The Balaban J connectivity index is 1.77. The van der Waals surface area contributed by atoms with Gasteiger partial charge in [0, 0.05) is 11.8 Å². The van der Waals surface area contributed by atoms with Gasteiger partial charge in [0.25, 0.3) is 0 Å². The lowest BCUT2D eigenvalue weighted by Gasteiger charge is -2.19. The van der Waals surface area contributed by atoms with E-state index in [4.69, 9.17) is 9.47 Å². The molecule has 4 nitrogen and oxygen atoms in total. The van der Waals surface area contributed by atoms with Gasteiger partial charge in [0.05, 0.1) is 37.6 Å². The Hall–Kier alpha value is -0.160. The van der Waals surface area contributed by atoms with Gasteiger partial charge in [0.2, 0.25) is 0 Å². The highest BCUT2D eigenvalue weighted by atomic mass is 16.5. The highest BCUT2D eigenvalue weighted by molar-refractivity contribution is 4.89. The topological polar surface area (TPSA) is 58.9 Å². The summed E-state index contributed by atoms with van der Waals surface area (Å²) in [5, 5.41) is 20.1. The lowest BCUT2D eigenvalue weighted by Crippen LogP contribution is -2.27. The van der Waals surface area contributed by atoms with E-state index >= 15 is 0 Å². The number of hydrogen-bond donors (Lipinski definition) is 2. The second-order valence-corrected chi connectivity index (χ2v) is 6.45. The molecular weight excluding hydrogens is 256 g/mol. The second-order valence-electron chi connectivity index (χ2n) is 6.45. The third-order valence-electron chi connectivity index (χ3n) is 4.79. The predicted molar refractivity (Wildman–Crippen MR) is 77.5 cm³/mol. The maximum atomic E-state index is 10.1. The maximum Gasteiger partial charge on any atom is 0.0841 e. The fraction of sp³-hybridized carbons (Fsp3) is 1.00. The molecule has 0 aromatic rings. The van der Waals surface area contributed by atoms with Crippen LogP contribution in [0.5, 0.6) is 0 Å². The van der Waals surface area contributed by atoms with E-state index < -0.39 is 0 Å². The van der Waals surface area contributed by atoms with Gasteiger partial charge in [0.15, 0.2) is 0 Å². The van der Waals surface area contributed by atoms with Crippen LogP contribution >= 0.6 is 0 Å². The van der Waals surface area contributed by atoms with Crippen molar-refractivity contribution >= 4 is 0 Å². The molecule has 2 aliphatic heterocycles. The van der Waals surface area contributed by atoms with Gasteiger partial charge >= 0.3 is 0 Å². The molecule has 0 spiro atoms. The Labute approximate surface area is 122 Å². The lowest BCUT2D eigenvalue weighted by atomic mass is 9.90. The molecule has 0 aromatic heterocycles. The number of rotatable bonds is 7. The second kappa shape index (κ2) is 7.74. The van der Waals surface area contributed by atoms with E-state index in [0.29, 0.717) is 13.2 Å². The molecule has 20 heavy (non-hydrogen) atoms. The van der Waals surface area contributed by atoms with Crippen LogP contribution in [0.2, 0.25) is 0 Å². The predicted octanol–water partition coefficient (Wildman–Crippen LogP) is 2.12. The van der Waals surface area contributed by atoms with Gasteiger partial charge in [-0.2, -0.15) is 0 Å². The molecule has 4 heteroatoms. The summed E-state index contributed by atoms with van der Waals surface area (Å²) in [6, 6.07) is 0. The van der Waals surface area contributed by atoms with Gasteiger partial charge in [-0.15, -0.1) is 0 Å². The van der Waals surface area contributed by atoms with Crippen molar-refractivity contribution in [1.82, 2.24) is 0 Å². The van der Waals surface area contributed by atoms with Crippen molar-refractivity contribution in [2.45, 2.75) is 76.8 Å². The molecule has 0 unspecified atom stereocenters. The van der Waals surface area contributed by atoms with E-state index in [1.165, 1.54) is 0 Å². The molecule has 0 radical (unpaired) electrons. The normalized spacial score (nSPS) is 37.2. The van der Waals surface area contributed by atoms with Crippen molar-refractivity contribution in [3.05, 3.63) is 0 Å². The Morgan fingerprint density at radius 1 is 0.850 bits per heavy atom. The van der Waals surface area contributed by atoms with E-state index in [1.54, 1.807) is 0 Å². The Morgan fingerprint density at radius 2 is 1.25 bits per heavy atom. The minimum atomic E-state index is -0.243. The van der Waals surface area contributed by atoms with Crippen LogP contribution in [0, 0.1) is 11.8 Å². The first-order chi connectivity index (χ1) is 9.65. The molecule has 2 N–H and O–H groups in total. The third kappa shape index (κ3) is 3.94. The first-order valence-corrected chi connectivity index (χ1v) is 8.25. The smallest absolute Gasteiger partial charge is 0.0841 e. The van der Waals surface area contributed by atoms with Crippen molar-refractivity contribution in [1.29, 1.82) is 0 Å². The molecule has 2 aliphatic rings. The van der Waals surface area contributed by atoms with Crippen LogP contribution in [0.15, 0.2) is 0 Å². The maximum absolute atomic E-state index is 10.1. The van der Waals surface area contributed by atoms with Gasteiger partial charge in [-0.25, -0.2) is 0 Å². The highest BCUT2D eigenvalue weighted by Crippen LogP contribution is 2.34. The van der Waals surface area contributed by atoms with Gasteiger partial charge in [0.1, 0.15) is 0 Å². The average Bonchev–Trinajstić information content (AvgIpc) is 3.08. The monoisotopic (exact) mass is 286 g/mol. The zero-order valence-electron chi connectivity index (χ0n) is 12.8. The minimum Gasteiger partial charge on any atom is -0.393 e. The van der Waals surface area contributed by atoms with Gasteiger partial charge in [-0.05, 0) is 25.7 Å². The van der Waals surface area contributed by atoms with Crippen molar-refractivity contribution in [3.8, 4) is 0 Å². The fourth-order valence-corrected chi connectivity index (χ4v) is 3.48. The summed E-state index contributed by atoms with van der Waals surface area (Å²) in [6.45, 7) is 5.48. The highest BCUT2D eigenvalue weighted by Gasteiger charge is 2.40. The molecule has 2 heterocycles. The largest absolute Gasteiger partial charge is 0.393 e. The minimum absolute atomic E-state index is 0.102. The summed E-state index contributed by atoms with van der Waals surface area (Å²) in [5.41, 5.74) is 0. The summed E-state index contributed by atoms with van der Waals surface area (Å²) < 4.78 is 11.7. The number of ether oxygens (including phenoxy) is 2. The van der Waals surface area contributed by atoms with Gasteiger partial charge in [-0.3, -0.25) is 0 Å². The summed E-state index contributed by atoms with van der Waals surface area (Å²) >= 11 is 0. The van der Waals surface area contributed by atoms with E-state index in [9.17, 15) is 10.2 Å². The fourth-order valence-electron chi connectivity index (χ4n) is 3.48. The molecule has 2 fully saturated rings. The van der Waals surface area contributed by atoms with E-state index in [1.807, 2.05) is 0 Å². The Morgan fingerprint density at radius 3 is 1.60 bits per heavy atom. The van der Waals surface area contributed by atoms with E-state index in [2.05, 4.69) is 13.8 Å². The van der Waals surface area contributed by atoms with Gasteiger partial charge in [-0.1, -0.05) is 26.7 Å². The summed E-state index contributed by atoms with van der Waals surface area (Å²) in [4.78, 5) is 0. The van der Waals surface area contributed by atoms with Crippen molar-refractivity contribution < 1.29 is 19.7 Å². The average molecular weight is 286 g/mol. The molecule has 6 atom stereocenters. The molecule has 0 amide bonds. The SMILES string of the molecule is CCC[C@@H](O)[C@@H]1CO[C@H]([C@@H]2C[C@H]([C@@H](O)CCC)CO2)C1. The van der Waals surface area contributed by atoms with Crippen LogP contribution < -0.4 is 0 Å². The number of hydrogen-bond acceptors (Lipinski definition) is 4. The molecule has 0 aliphatic carbocycles. The molecule has 2 saturated heterocycles. The van der Waals surface area contributed by atoms with Crippen LogP contribution in [0.3, 0.4) is 0 Å². The number of aliphatic hydroxyl groups is 2. The zero-order valence-corrected chi connectivity index (χ0v) is 12.8. The molecular formula is C16H30O4. The van der Waals surface area contributed by atoms with E-state index in [0.717, 1.165) is 38.5 Å². The Bertz CT molecular complexity index is 256.